The first-order valence-electron chi connectivity index (χ1n) is 10.8. The van der Waals surface area contributed by atoms with Crippen LogP contribution in [0.15, 0.2) is 54.6 Å². The normalized spacial score (nSPS) is 15.4. The van der Waals surface area contributed by atoms with Crippen molar-refractivity contribution in [3.05, 3.63) is 71.6 Å². The highest BCUT2D eigenvalue weighted by Gasteiger charge is 2.15. The molecule has 1 saturated heterocycles. The second kappa shape index (κ2) is 10.4. The monoisotopic (exact) mass is 433 g/mol. The van der Waals surface area contributed by atoms with E-state index in [0.717, 1.165) is 31.9 Å². The first kappa shape index (κ1) is 23.4. The highest BCUT2D eigenvalue weighted by molar-refractivity contribution is 6.07. The van der Waals surface area contributed by atoms with Gasteiger partial charge in [-0.1, -0.05) is 18.2 Å². The van der Waals surface area contributed by atoms with E-state index in [0.29, 0.717) is 17.0 Å². The van der Waals surface area contributed by atoms with Gasteiger partial charge >= 0.3 is 5.97 Å². The van der Waals surface area contributed by atoms with Crippen LogP contribution < -0.4 is 4.90 Å². The van der Waals surface area contributed by atoms with Gasteiger partial charge in [-0.25, -0.2) is 9.78 Å². The number of rotatable bonds is 6. The van der Waals surface area contributed by atoms with Crippen molar-refractivity contribution in [3.63, 3.8) is 0 Å². The zero-order valence-corrected chi connectivity index (χ0v) is 19.2. The molecule has 1 aromatic heterocycles. The van der Waals surface area contributed by atoms with Gasteiger partial charge in [0.15, 0.2) is 5.78 Å². The Balaban J connectivity index is 1.65. The molecule has 6 heteroatoms. The fourth-order valence-corrected chi connectivity index (χ4v) is 3.32. The minimum absolute atomic E-state index is 0.0718. The number of esters is 1. The summed E-state index contributed by atoms with van der Waals surface area (Å²) in [4.78, 5) is 33.6. The van der Waals surface area contributed by atoms with Gasteiger partial charge in [-0.05, 0) is 70.3 Å². The highest BCUT2D eigenvalue weighted by atomic mass is 16.6. The molecule has 0 amide bonds. The number of hydrogen-bond acceptors (Lipinski definition) is 6. The molecule has 0 radical (unpaired) electrons. The zero-order chi connectivity index (χ0) is 23.1. The summed E-state index contributed by atoms with van der Waals surface area (Å²) >= 11 is 0. The SMILES string of the molecule is CN1CCN(c2cccc(C(=O)C=Cc3cccc(C=CC(=O)OC(C)(C)C)n3)c2)CC1. The molecule has 2 heterocycles. The molecule has 0 unspecified atom stereocenters. The van der Waals surface area contributed by atoms with Crippen molar-refractivity contribution in [1.82, 2.24) is 9.88 Å². The molecule has 0 atom stereocenters. The molecule has 2 aromatic rings. The predicted octanol–water partition coefficient (Wildman–Crippen LogP) is 4.08. The smallest absolute Gasteiger partial charge is 0.331 e. The number of pyridine rings is 1. The molecule has 0 aliphatic carbocycles. The number of allylic oxidation sites excluding steroid dienone is 1. The van der Waals surface area contributed by atoms with Gasteiger partial charge in [-0.15, -0.1) is 0 Å². The maximum atomic E-state index is 12.7. The van der Waals surface area contributed by atoms with E-state index in [1.165, 1.54) is 12.2 Å². The number of ether oxygens (including phenoxy) is 1. The van der Waals surface area contributed by atoms with Gasteiger partial charge in [-0.3, -0.25) is 4.79 Å². The third kappa shape index (κ3) is 7.17. The summed E-state index contributed by atoms with van der Waals surface area (Å²) in [6.45, 7) is 9.40. The first-order chi connectivity index (χ1) is 15.2. The van der Waals surface area contributed by atoms with Crippen LogP contribution in [-0.2, 0) is 9.53 Å². The van der Waals surface area contributed by atoms with Crippen LogP contribution in [0.4, 0.5) is 5.69 Å². The van der Waals surface area contributed by atoms with E-state index in [1.807, 2.05) is 57.2 Å². The summed E-state index contributed by atoms with van der Waals surface area (Å²) in [5.41, 5.74) is 2.44. The lowest BCUT2D eigenvalue weighted by molar-refractivity contribution is -0.148. The van der Waals surface area contributed by atoms with Crippen LogP contribution in [0.25, 0.3) is 12.2 Å². The number of benzene rings is 1. The van der Waals surface area contributed by atoms with Crippen molar-refractivity contribution in [2.75, 3.05) is 38.1 Å². The molecule has 0 spiro atoms. The van der Waals surface area contributed by atoms with E-state index < -0.39 is 11.6 Å². The Morgan fingerprint density at radius 3 is 2.22 bits per heavy atom. The molecule has 3 rings (SSSR count). The highest BCUT2D eigenvalue weighted by Crippen LogP contribution is 2.19. The molecule has 1 aromatic carbocycles. The van der Waals surface area contributed by atoms with Gasteiger partial charge in [-0.2, -0.15) is 0 Å². The van der Waals surface area contributed by atoms with Gasteiger partial charge in [0.05, 0.1) is 11.4 Å². The number of carbonyl (C=O) groups excluding carboxylic acids is 2. The Morgan fingerprint density at radius 1 is 0.938 bits per heavy atom. The maximum Gasteiger partial charge on any atom is 0.331 e. The Hall–Kier alpha value is -3.25. The van der Waals surface area contributed by atoms with E-state index in [2.05, 4.69) is 21.8 Å². The van der Waals surface area contributed by atoms with Crippen LogP contribution in [0.2, 0.25) is 0 Å². The molecule has 168 valence electrons. The van der Waals surface area contributed by atoms with E-state index in [-0.39, 0.29) is 5.78 Å². The lowest BCUT2D eigenvalue weighted by Gasteiger charge is -2.34. The molecular formula is C26H31N3O3. The number of nitrogens with zero attached hydrogens (tertiary/aromatic N) is 3. The topological polar surface area (TPSA) is 62.7 Å². The summed E-state index contributed by atoms with van der Waals surface area (Å²) in [6.07, 6.45) is 6.19. The fraction of sp³-hybridized carbons (Fsp3) is 0.346. The number of anilines is 1. The standard InChI is InChI=1S/C26H31N3O3/c1-26(2,3)32-25(31)14-12-22-9-6-8-21(27-22)11-13-24(30)20-7-5-10-23(19-20)29-17-15-28(4)16-18-29/h5-14,19H,15-18H2,1-4H3. The number of hydrogen-bond donors (Lipinski definition) is 0. The molecule has 1 aliphatic rings. The largest absolute Gasteiger partial charge is 0.457 e. The number of aromatic nitrogens is 1. The molecule has 6 nitrogen and oxygen atoms in total. The van der Waals surface area contributed by atoms with Gasteiger partial charge < -0.3 is 14.5 Å². The van der Waals surface area contributed by atoms with Crippen LogP contribution in [0.5, 0.6) is 0 Å². The van der Waals surface area contributed by atoms with Crippen LogP contribution in [0.1, 0.15) is 42.5 Å². The van der Waals surface area contributed by atoms with Crippen LogP contribution >= 0.6 is 0 Å². The molecular weight excluding hydrogens is 402 g/mol. The van der Waals surface area contributed by atoms with Crippen LogP contribution in [-0.4, -0.2) is 60.5 Å². The lowest BCUT2D eigenvalue weighted by atomic mass is 10.1. The minimum Gasteiger partial charge on any atom is -0.457 e. The fourth-order valence-electron chi connectivity index (χ4n) is 3.32. The minimum atomic E-state index is -0.540. The van der Waals surface area contributed by atoms with Gasteiger partial charge in [0.25, 0.3) is 0 Å². The summed E-state index contributed by atoms with van der Waals surface area (Å²) < 4.78 is 5.26. The molecule has 1 fully saturated rings. The van der Waals surface area contributed by atoms with Crippen molar-refractivity contribution < 1.29 is 14.3 Å². The lowest BCUT2D eigenvalue weighted by Crippen LogP contribution is -2.44. The van der Waals surface area contributed by atoms with Crippen molar-refractivity contribution in [2.24, 2.45) is 0 Å². The Morgan fingerprint density at radius 2 is 1.56 bits per heavy atom. The third-order valence-electron chi connectivity index (χ3n) is 4.99. The van der Waals surface area contributed by atoms with E-state index >= 15 is 0 Å². The Bertz CT molecular complexity index is 1010. The summed E-state index contributed by atoms with van der Waals surface area (Å²) in [5, 5.41) is 0. The molecule has 0 saturated carbocycles. The second-order valence-corrected chi connectivity index (χ2v) is 8.89. The van der Waals surface area contributed by atoms with Gasteiger partial charge in [0.2, 0.25) is 0 Å². The summed E-state index contributed by atoms with van der Waals surface area (Å²) in [6, 6.07) is 13.2. The van der Waals surface area contributed by atoms with E-state index in [4.69, 9.17) is 4.74 Å². The number of ketones is 1. The van der Waals surface area contributed by atoms with Crippen molar-refractivity contribution in [1.29, 1.82) is 0 Å². The predicted molar refractivity (Wildman–Crippen MR) is 129 cm³/mol. The number of likely N-dealkylation sites (N-methyl/N-ethyl adjacent to an activating group) is 1. The second-order valence-electron chi connectivity index (χ2n) is 8.89. The van der Waals surface area contributed by atoms with Crippen LogP contribution in [0, 0.1) is 0 Å². The van der Waals surface area contributed by atoms with Gasteiger partial charge in [0.1, 0.15) is 5.60 Å². The van der Waals surface area contributed by atoms with Crippen LogP contribution in [0.3, 0.4) is 0 Å². The zero-order valence-electron chi connectivity index (χ0n) is 19.2. The molecule has 32 heavy (non-hydrogen) atoms. The number of piperazine rings is 1. The van der Waals surface area contributed by atoms with E-state index in [1.54, 1.807) is 18.2 Å². The van der Waals surface area contributed by atoms with Crippen molar-refractivity contribution in [3.8, 4) is 0 Å². The maximum absolute atomic E-state index is 12.7. The quantitative estimate of drug-likeness (QED) is 0.389. The molecule has 0 bridgehead atoms. The third-order valence-corrected chi connectivity index (χ3v) is 4.99. The van der Waals surface area contributed by atoms with Crippen molar-refractivity contribution in [2.45, 2.75) is 26.4 Å². The molecule has 1 aliphatic heterocycles. The summed E-state index contributed by atoms with van der Waals surface area (Å²) in [7, 11) is 2.12. The van der Waals surface area contributed by atoms with E-state index in [9.17, 15) is 9.59 Å². The van der Waals surface area contributed by atoms with Gasteiger partial charge in [0, 0.05) is 43.5 Å². The average Bonchev–Trinajstić information content (AvgIpc) is 2.76. The molecule has 0 N–H and O–H groups in total. The Labute approximate surface area is 190 Å². The number of carbonyl (C=O) groups is 2. The summed E-state index contributed by atoms with van der Waals surface area (Å²) in [5.74, 6) is -0.492. The van der Waals surface area contributed by atoms with Crippen molar-refractivity contribution >= 4 is 29.6 Å². The first-order valence-corrected chi connectivity index (χ1v) is 10.8. The average molecular weight is 434 g/mol. The Kier molecular flexibility index (Phi) is 7.59.